The number of nitrogens with two attached hydrogens (primary N) is 1. The van der Waals surface area contributed by atoms with Crippen molar-refractivity contribution in [2.45, 2.75) is 46.3 Å². The number of aromatic amines is 1. The highest BCUT2D eigenvalue weighted by molar-refractivity contribution is 5.85. The van der Waals surface area contributed by atoms with Gasteiger partial charge in [0.05, 0.1) is 0 Å². The molecule has 5 heteroatoms. The Kier molecular flexibility index (Phi) is 4.96. The molecule has 3 N–H and O–H groups in total. The molecule has 0 aromatic carbocycles. The summed E-state index contributed by atoms with van der Waals surface area (Å²) < 4.78 is 0. The largest absolute Gasteiger partial charge is 0.326 e. The smallest absolute Gasteiger partial charge is 0.252 e. The van der Waals surface area contributed by atoms with Crippen molar-refractivity contribution in [2.75, 3.05) is 6.54 Å². The second-order valence-electron chi connectivity index (χ2n) is 5.03. The lowest BCUT2D eigenvalue weighted by Gasteiger charge is -2.33. The fourth-order valence-electron chi connectivity index (χ4n) is 2.58. The summed E-state index contributed by atoms with van der Waals surface area (Å²) in [6.45, 7) is 8.65. The normalized spacial score (nSPS) is 15.4. The van der Waals surface area contributed by atoms with Crippen LogP contribution in [0.5, 0.6) is 0 Å². The van der Waals surface area contributed by atoms with E-state index < -0.39 is 0 Å². The minimum atomic E-state index is -0.0123. The Bertz CT molecular complexity index is 482. The van der Waals surface area contributed by atoms with Gasteiger partial charge in [0, 0.05) is 36.9 Å². The van der Waals surface area contributed by atoms with Crippen LogP contribution in [0.15, 0.2) is 4.79 Å². The zero-order valence-corrected chi connectivity index (χ0v) is 12.1. The van der Waals surface area contributed by atoms with E-state index >= 15 is 0 Å². The van der Waals surface area contributed by atoms with E-state index in [0.717, 1.165) is 30.8 Å². The van der Waals surface area contributed by atoms with Crippen molar-refractivity contribution < 1.29 is 0 Å². The summed E-state index contributed by atoms with van der Waals surface area (Å²) in [5.74, 6) is 0. The molecule has 0 bridgehead atoms. The third-order valence-electron chi connectivity index (χ3n) is 3.70. The Labute approximate surface area is 114 Å². The van der Waals surface area contributed by atoms with Gasteiger partial charge in [0.1, 0.15) is 0 Å². The zero-order valence-electron chi connectivity index (χ0n) is 11.2. The van der Waals surface area contributed by atoms with Crippen molar-refractivity contribution in [1.82, 2.24) is 9.88 Å². The summed E-state index contributed by atoms with van der Waals surface area (Å²) >= 11 is 0. The molecule has 0 aliphatic carbocycles. The number of aryl methyl sites for hydroxylation is 1. The van der Waals surface area contributed by atoms with Crippen LogP contribution >= 0.6 is 12.4 Å². The lowest BCUT2D eigenvalue weighted by Crippen LogP contribution is -2.38. The Morgan fingerprint density at radius 1 is 1.39 bits per heavy atom. The topological polar surface area (TPSA) is 62.1 Å². The molecule has 0 unspecified atom stereocenters. The lowest BCUT2D eigenvalue weighted by atomic mass is 9.94. The quantitative estimate of drug-likeness (QED) is 0.853. The predicted molar refractivity (Wildman–Crippen MR) is 76.2 cm³/mol. The highest BCUT2D eigenvalue weighted by atomic mass is 35.5. The molecule has 102 valence electrons. The molecule has 2 rings (SSSR count). The van der Waals surface area contributed by atoms with Crippen LogP contribution in [0.2, 0.25) is 0 Å². The van der Waals surface area contributed by atoms with E-state index in [1.165, 1.54) is 11.1 Å². The van der Waals surface area contributed by atoms with E-state index in [2.05, 4.69) is 23.7 Å². The van der Waals surface area contributed by atoms with E-state index in [1.54, 1.807) is 0 Å². The van der Waals surface area contributed by atoms with Crippen LogP contribution in [0.4, 0.5) is 0 Å². The maximum absolute atomic E-state index is 11.8. The zero-order chi connectivity index (χ0) is 12.6. The molecule has 1 aliphatic rings. The van der Waals surface area contributed by atoms with Gasteiger partial charge in [0.25, 0.3) is 5.56 Å². The van der Waals surface area contributed by atoms with E-state index in [0.29, 0.717) is 12.6 Å². The number of hydrogen-bond acceptors (Lipinski definition) is 3. The number of hydrogen-bond donors (Lipinski definition) is 2. The minimum Gasteiger partial charge on any atom is -0.326 e. The second-order valence-corrected chi connectivity index (χ2v) is 5.03. The Morgan fingerprint density at radius 3 is 2.61 bits per heavy atom. The van der Waals surface area contributed by atoms with Crippen LogP contribution in [0.25, 0.3) is 0 Å². The van der Waals surface area contributed by atoms with Gasteiger partial charge in [-0.05, 0) is 38.3 Å². The number of aromatic nitrogens is 1. The number of pyridine rings is 1. The molecular formula is C13H22ClN3O. The molecule has 0 fully saturated rings. The summed E-state index contributed by atoms with van der Waals surface area (Å²) in [5, 5.41) is 0. The molecule has 0 saturated heterocycles. The molecule has 18 heavy (non-hydrogen) atoms. The molecular weight excluding hydrogens is 250 g/mol. The molecule has 2 heterocycles. The number of H-pyrrole nitrogens is 1. The van der Waals surface area contributed by atoms with Gasteiger partial charge in [-0.25, -0.2) is 0 Å². The highest BCUT2D eigenvalue weighted by Crippen LogP contribution is 2.23. The average molecular weight is 272 g/mol. The summed E-state index contributed by atoms with van der Waals surface area (Å²) in [5.41, 5.74) is 9.89. The molecule has 1 aliphatic heterocycles. The SMILES string of the molecule is Cc1[nH]c(=O)c(CN)c2c1CN(C(C)C)CC2.Cl. The van der Waals surface area contributed by atoms with Gasteiger partial charge < -0.3 is 10.7 Å². The van der Waals surface area contributed by atoms with Crippen LogP contribution in [0.1, 0.15) is 36.2 Å². The third-order valence-corrected chi connectivity index (χ3v) is 3.70. The van der Waals surface area contributed by atoms with Crippen LogP contribution in [-0.4, -0.2) is 22.5 Å². The van der Waals surface area contributed by atoms with Crippen LogP contribution < -0.4 is 11.3 Å². The fraction of sp³-hybridized carbons (Fsp3) is 0.615. The van der Waals surface area contributed by atoms with Crippen molar-refractivity contribution in [3.8, 4) is 0 Å². The number of fused-ring (bicyclic) bond motifs is 1. The monoisotopic (exact) mass is 271 g/mol. The van der Waals surface area contributed by atoms with E-state index in [1.807, 2.05) is 6.92 Å². The molecule has 0 radical (unpaired) electrons. The van der Waals surface area contributed by atoms with Crippen molar-refractivity contribution in [3.63, 3.8) is 0 Å². The van der Waals surface area contributed by atoms with Gasteiger partial charge in [-0.1, -0.05) is 0 Å². The first-order valence-corrected chi connectivity index (χ1v) is 6.22. The summed E-state index contributed by atoms with van der Waals surface area (Å²) in [6.07, 6.45) is 0.935. The van der Waals surface area contributed by atoms with Gasteiger partial charge in [0.15, 0.2) is 0 Å². The lowest BCUT2D eigenvalue weighted by molar-refractivity contribution is 0.202. The molecule has 4 nitrogen and oxygen atoms in total. The average Bonchev–Trinajstić information content (AvgIpc) is 2.29. The minimum absolute atomic E-state index is 0. The van der Waals surface area contributed by atoms with Crippen molar-refractivity contribution >= 4 is 12.4 Å². The first-order valence-electron chi connectivity index (χ1n) is 6.22. The summed E-state index contributed by atoms with van der Waals surface area (Å²) in [6, 6.07) is 0.538. The molecule has 0 saturated carbocycles. The Hall–Kier alpha value is -0.840. The molecule has 1 aromatic rings. The maximum Gasteiger partial charge on any atom is 0.252 e. The van der Waals surface area contributed by atoms with Gasteiger partial charge >= 0.3 is 0 Å². The predicted octanol–water partition coefficient (Wildman–Crippen LogP) is 1.33. The Morgan fingerprint density at radius 2 is 2.06 bits per heavy atom. The van der Waals surface area contributed by atoms with E-state index in [4.69, 9.17) is 5.73 Å². The number of nitrogens with zero attached hydrogens (tertiary/aromatic N) is 1. The fourth-order valence-corrected chi connectivity index (χ4v) is 2.58. The highest BCUT2D eigenvalue weighted by Gasteiger charge is 2.23. The first-order chi connectivity index (χ1) is 8.04. The second kappa shape index (κ2) is 5.87. The molecule has 0 spiro atoms. The molecule has 0 atom stereocenters. The first kappa shape index (κ1) is 15.2. The number of rotatable bonds is 2. The van der Waals surface area contributed by atoms with Gasteiger partial charge in [-0.15, -0.1) is 12.4 Å². The van der Waals surface area contributed by atoms with Crippen molar-refractivity contribution in [3.05, 3.63) is 32.7 Å². The van der Waals surface area contributed by atoms with Crippen LogP contribution in [-0.2, 0) is 19.5 Å². The third kappa shape index (κ3) is 2.60. The molecule has 0 amide bonds. The maximum atomic E-state index is 11.8. The summed E-state index contributed by atoms with van der Waals surface area (Å²) in [4.78, 5) is 17.1. The number of halogens is 1. The van der Waals surface area contributed by atoms with Crippen LogP contribution in [0, 0.1) is 6.92 Å². The Balaban J connectivity index is 0.00000162. The van der Waals surface area contributed by atoms with Gasteiger partial charge in [-0.3, -0.25) is 9.69 Å². The standard InChI is InChI=1S/C13H21N3O.ClH/c1-8(2)16-5-4-10-11(6-14)13(17)15-9(3)12(10)7-16;/h8H,4-7,14H2,1-3H3,(H,15,17);1H. The van der Waals surface area contributed by atoms with Gasteiger partial charge in [0.2, 0.25) is 0 Å². The van der Waals surface area contributed by atoms with E-state index in [-0.39, 0.29) is 18.0 Å². The van der Waals surface area contributed by atoms with Gasteiger partial charge in [-0.2, -0.15) is 0 Å². The number of nitrogens with one attached hydrogen (secondary N) is 1. The van der Waals surface area contributed by atoms with Crippen molar-refractivity contribution in [1.29, 1.82) is 0 Å². The van der Waals surface area contributed by atoms with Crippen LogP contribution in [0.3, 0.4) is 0 Å². The summed E-state index contributed by atoms with van der Waals surface area (Å²) in [7, 11) is 0. The van der Waals surface area contributed by atoms with Crippen molar-refractivity contribution in [2.24, 2.45) is 5.73 Å². The molecule has 1 aromatic heterocycles. The van der Waals surface area contributed by atoms with E-state index in [9.17, 15) is 4.79 Å².